The fraction of sp³-hybridized carbons (Fsp3) is 0.250. The lowest BCUT2D eigenvalue weighted by molar-refractivity contribution is -0.118. The minimum atomic E-state index is -2.85. The summed E-state index contributed by atoms with van der Waals surface area (Å²) in [5.74, 6) is -0.0339. The molecule has 92 valence electrons. The van der Waals surface area contributed by atoms with Gasteiger partial charge in [0.2, 0.25) is 5.91 Å². The van der Waals surface area contributed by atoms with E-state index in [1.807, 2.05) is 0 Å². The number of benzene rings is 1. The SMILES string of the molecule is CC(=O)NCC=Cc1ccccc1OC(F)F. The molecule has 0 aliphatic heterocycles. The van der Waals surface area contributed by atoms with E-state index >= 15 is 0 Å². The van der Waals surface area contributed by atoms with Gasteiger partial charge in [-0.1, -0.05) is 30.4 Å². The van der Waals surface area contributed by atoms with Crippen LogP contribution in [0.3, 0.4) is 0 Å². The molecule has 1 aromatic carbocycles. The second-order valence-corrected chi connectivity index (χ2v) is 3.26. The topological polar surface area (TPSA) is 38.3 Å². The first-order valence-electron chi connectivity index (χ1n) is 5.04. The van der Waals surface area contributed by atoms with E-state index in [1.54, 1.807) is 30.4 Å². The third kappa shape index (κ3) is 5.10. The van der Waals surface area contributed by atoms with Crippen LogP contribution in [-0.4, -0.2) is 19.1 Å². The second-order valence-electron chi connectivity index (χ2n) is 3.26. The van der Waals surface area contributed by atoms with Crippen molar-refractivity contribution in [3.8, 4) is 5.75 Å². The van der Waals surface area contributed by atoms with E-state index in [1.165, 1.54) is 13.0 Å². The standard InChI is InChI=1S/C12H13F2NO2/c1-9(16)15-8-4-6-10-5-2-3-7-11(10)17-12(13)14/h2-7,12H,8H2,1H3,(H,15,16). The first-order chi connectivity index (χ1) is 8.09. The van der Waals surface area contributed by atoms with Crippen LogP contribution in [0.5, 0.6) is 5.75 Å². The van der Waals surface area contributed by atoms with Crippen molar-refractivity contribution in [1.29, 1.82) is 0 Å². The molecule has 1 amide bonds. The number of carbonyl (C=O) groups excluding carboxylic acids is 1. The number of alkyl halides is 2. The lowest BCUT2D eigenvalue weighted by atomic mass is 10.2. The maximum absolute atomic E-state index is 12.1. The Hall–Kier alpha value is -1.91. The molecule has 0 radical (unpaired) electrons. The summed E-state index contributed by atoms with van der Waals surface area (Å²) < 4.78 is 28.5. The summed E-state index contributed by atoms with van der Waals surface area (Å²) in [6, 6.07) is 6.45. The highest BCUT2D eigenvalue weighted by molar-refractivity contribution is 5.73. The zero-order valence-corrected chi connectivity index (χ0v) is 9.32. The van der Waals surface area contributed by atoms with E-state index in [9.17, 15) is 13.6 Å². The predicted molar refractivity (Wildman–Crippen MR) is 60.8 cm³/mol. The third-order valence-electron chi connectivity index (χ3n) is 1.90. The summed E-state index contributed by atoms with van der Waals surface area (Å²) >= 11 is 0. The van der Waals surface area contributed by atoms with Crippen LogP contribution >= 0.6 is 0 Å². The Morgan fingerprint density at radius 1 is 1.47 bits per heavy atom. The Kier molecular flexibility index (Phi) is 5.13. The smallest absolute Gasteiger partial charge is 0.387 e. The van der Waals surface area contributed by atoms with Gasteiger partial charge in [0.15, 0.2) is 0 Å². The molecule has 0 spiro atoms. The molecule has 0 aliphatic carbocycles. The third-order valence-corrected chi connectivity index (χ3v) is 1.90. The van der Waals surface area contributed by atoms with Crippen molar-refractivity contribution in [1.82, 2.24) is 5.32 Å². The number of ether oxygens (including phenoxy) is 1. The molecule has 0 saturated heterocycles. The highest BCUT2D eigenvalue weighted by Crippen LogP contribution is 2.21. The number of carbonyl (C=O) groups is 1. The van der Waals surface area contributed by atoms with Crippen molar-refractivity contribution in [2.75, 3.05) is 6.54 Å². The Labute approximate surface area is 98.1 Å². The Morgan fingerprint density at radius 3 is 2.82 bits per heavy atom. The van der Waals surface area contributed by atoms with Crippen molar-refractivity contribution in [3.05, 3.63) is 35.9 Å². The first kappa shape index (κ1) is 13.2. The van der Waals surface area contributed by atoms with Gasteiger partial charge in [-0.25, -0.2) is 0 Å². The molecule has 0 heterocycles. The number of nitrogens with one attached hydrogen (secondary N) is 1. The fourth-order valence-corrected chi connectivity index (χ4v) is 1.21. The van der Waals surface area contributed by atoms with Crippen molar-refractivity contribution < 1.29 is 18.3 Å². The van der Waals surface area contributed by atoms with Crippen LogP contribution < -0.4 is 10.1 Å². The molecule has 1 N–H and O–H groups in total. The van der Waals surface area contributed by atoms with Crippen molar-refractivity contribution >= 4 is 12.0 Å². The summed E-state index contributed by atoms with van der Waals surface area (Å²) in [6.45, 7) is -1.10. The van der Waals surface area contributed by atoms with Gasteiger partial charge in [0.25, 0.3) is 0 Å². The van der Waals surface area contributed by atoms with Gasteiger partial charge >= 0.3 is 6.61 Å². The maximum Gasteiger partial charge on any atom is 0.387 e. The molecule has 17 heavy (non-hydrogen) atoms. The normalized spacial score (nSPS) is 10.8. The number of amides is 1. The molecular weight excluding hydrogens is 228 g/mol. The number of hydrogen-bond donors (Lipinski definition) is 1. The monoisotopic (exact) mass is 241 g/mol. The quantitative estimate of drug-likeness (QED) is 0.859. The van der Waals surface area contributed by atoms with Crippen molar-refractivity contribution in [2.24, 2.45) is 0 Å². The van der Waals surface area contributed by atoms with Gasteiger partial charge in [-0.05, 0) is 6.07 Å². The zero-order valence-electron chi connectivity index (χ0n) is 9.32. The molecule has 0 unspecified atom stereocenters. The minimum absolute atomic E-state index is 0.113. The van der Waals surface area contributed by atoms with Crippen LogP contribution in [0.1, 0.15) is 12.5 Å². The van der Waals surface area contributed by atoms with Crippen LogP contribution in [0.4, 0.5) is 8.78 Å². The first-order valence-corrected chi connectivity index (χ1v) is 5.04. The average molecular weight is 241 g/mol. The molecule has 0 aromatic heterocycles. The molecule has 1 aromatic rings. The van der Waals surface area contributed by atoms with Gasteiger partial charge < -0.3 is 10.1 Å². The van der Waals surface area contributed by atoms with Crippen LogP contribution in [-0.2, 0) is 4.79 Å². The number of para-hydroxylation sites is 1. The summed E-state index contributed by atoms with van der Waals surface area (Å²) in [5.41, 5.74) is 0.540. The summed E-state index contributed by atoms with van der Waals surface area (Å²) in [4.78, 5) is 10.6. The minimum Gasteiger partial charge on any atom is -0.434 e. The molecule has 0 saturated carbocycles. The van der Waals surface area contributed by atoms with E-state index in [2.05, 4.69) is 10.1 Å². The van der Waals surface area contributed by atoms with Gasteiger partial charge in [-0.2, -0.15) is 8.78 Å². The molecule has 0 atom stereocenters. The molecule has 0 aliphatic rings. The molecular formula is C12H13F2NO2. The largest absolute Gasteiger partial charge is 0.434 e. The number of rotatable bonds is 5. The van der Waals surface area contributed by atoms with E-state index in [4.69, 9.17) is 0 Å². The van der Waals surface area contributed by atoms with Crippen LogP contribution in [0.25, 0.3) is 6.08 Å². The fourth-order valence-electron chi connectivity index (χ4n) is 1.21. The number of halogens is 2. The maximum atomic E-state index is 12.1. The highest BCUT2D eigenvalue weighted by atomic mass is 19.3. The van der Waals surface area contributed by atoms with E-state index in [0.29, 0.717) is 12.1 Å². The van der Waals surface area contributed by atoms with Crippen molar-refractivity contribution in [2.45, 2.75) is 13.5 Å². The van der Waals surface area contributed by atoms with E-state index in [0.717, 1.165) is 0 Å². The predicted octanol–water partition coefficient (Wildman–Crippen LogP) is 2.44. The molecule has 0 bridgehead atoms. The number of hydrogen-bond acceptors (Lipinski definition) is 2. The summed E-state index contributed by atoms with van der Waals surface area (Å²) in [6.07, 6.45) is 3.28. The zero-order chi connectivity index (χ0) is 12.7. The Morgan fingerprint density at radius 2 is 2.18 bits per heavy atom. The van der Waals surface area contributed by atoms with E-state index < -0.39 is 6.61 Å². The Bertz CT molecular complexity index is 405. The van der Waals surface area contributed by atoms with Gasteiger partial charge in [0.05, 0.1) is 0 Å². The summed E-state index contributed by atoms with van der Waals surface area (Å²) in [7, 11) is 0. The van der Waals surface area contributed by atoms with Crippen LogP contribution in [0.15, 0.2) is 30.3 Å². The van der Waals surface area contributed by atoms with Crippen molar-refractivity contribution in [3.63, 3.8) is 0 Å². The molecule has 0 fully saturated rings. The van der Waals surface area contributed by atoms with Crippen LogP contribution in [0.2, 0.25) is 0 Å². The molecule has 3 nitrogen and oxygen atoms in total. The van der Waals surface area contributed by atoms with Gasteiger partial charge in [-0.15, -0.1) is 0 Å². The molecule has 1 rings (SSSR count). The van der Waals surface area contributed by atoms with E-state index in [-0.39, 0.29) is 11.7 Å². The second kappa shape index (κ2) is 6.62. The lowest BCUT2D eigenvalue weighted by Crippen LogP contribution is -2.19. The van der Waals surface area contributed by atoms with Crippen LogP contribution in [0, 0.1) is 0 Å². The average Bonchev–Trinajstić information content (AvgIpc) is 2.25. The molecule has 5 heteroatoms. The summed E-state index contributed by atoms with van der Waals surface area (Å²) in [5, 5.41) is 2.56. The Balaban J connectivity index is 2.66. The van der Waals surface area contributed by atoms with Gasteiger partial charge in [0, 0.05) is 19.0 Å². The lowest BCUT2D eigenvalue weighted by Gasteiger charge is -2.07. The van der Waals surface area contributed by atoms with Gasteiger partial charge in [-0.3, -0.25) is 4.79 Å². The van der Waals surface area contributed by atoms with Gasteiger partial charge in [0.1, 0.15) is 5.75 Å². The highest BCUT2D eigenvalue weighted by Gasteiger charge is 2.06.